The zero-order chi connectivity index (χ0) is 14.0. The van der Waals surface area contributed by atoms with E-state index in [1.54, 1.807) is 0 Å². The van der Waals surface area contributed by atoms with Gasteiger partial charge in [0.25, 0.3) is 5.91 Å². The Hall–Kier alpha value is -1.63. The molecule has 1 amide bonds. The van der Waals surface area contributed by atoms with Gasteiger partial charge in [-0.3, -0.25) is 4.79 Å². The first-order valence-corrected chi connectivity index (χ1v) is 5.85. The fourth-order valence-electron chi connectivity index (χ4n) is 1.60. The van der Waals surface area contributed by atoms with Gasteiger partial charge in [-0.25, -0.2) is 17.6 Å². The van der Waals surface area contributed by atoms with Crippen LogP contribution in [-0.4, -0.2) is 25.0 Å². The van der Waals surface area contributed by atoms with Crippen LogP contribution in [0.5, 0.6) is 0 Å². The van der Waals surface area contributed by atoms with Gasteiger partial charge in [0.15, 0.2) is 23.3 Å². The Kier molecular flexibility index (Phi) is 4.04. The summed E-state index contributed by atoms with van der Waals surface area (Å²) in [5.41, 5.74) is -1.23. The second-order valence-corrected chi connectivity index (χ2v) is 4.33. The second-order valence-electron chi connectivity index (χ2n) is 4.33. The van der Waals surface area contributed by atoms with Crippen molar-refractivity contribution in [2.24, 2.45) is 0 Å². The van der Waals surface area contributed by atoms with E-state index >= 15 is 0 Å². The van der Waals surface area contributed by atoms with Crippen LogP contribution in [0.25, 0.3) is 0 Å². The molecule has 0 aliphatic heterocycles. The molecule has 7 heteroatoms. The van der Waals surface area contributed by atoms with Crippen LogP contribution in [0, 0.1) is 23.3 Å². The molecule has 0 unspecified atom stereocenters. The van der Waals surface area contributed by atoms with Crippen molar-refractivity contribution in [3.05, 3.63) is 34.9 Å². The number of hydrogen-bond donors (Lipinski definition) is 2. The molecule has 1 fully saturated rings. The first-order valence-electron chi connectivity index (χ1n) is 5.85. The second kappa shape index (κ2) is 5.56. The molecule has 0 spiro atoms. The van der Waals surface area contributed by atoms with Gasteiger partial charge < -0.3 is 10.6 Å². The third-order valence-corrected chi connectivity index (χ3v) is 2.76. The number of carbonyl (C=O) groups excluding carboxylic acids is 1. The predicted octanol–water partition coefficient (Wildman–Crippen LogP) is 1.72. The number of hydrogen-bond acceptors (Lipinski definition) is 2. The van der Waals surface area contributed by atoms with E-state index in [2.05, 4.69) is 10.6 Å². The smallest absolute Gasteiger partial charge is 0.257 e. The molecule has 0 heterocycles. The van der Waals surface area contributed by atoms with Crippen molar-refractivity contribution in [2.45, 2.75) is 18.9 Å². The van der Waals surface area contributed by atoms with Crippen LogP contribution in [0.4, 0.5) is 17.6 Å². The Labute approximate surface area is 107 Å². The molecule has 3 nitrogen and oxygen atoms in total. The summed E-state index contributed by atoms with van der Waals surface area (Å²) < 4.78 is 52.4. The van der Waals surface area contributed by atoms with E-state index in [-0.39, 0.29) is 12.6 Å². The third kappa shape index (κ3) is 3.23. The van der Waals surface area contributed by atoms with Crippen LogP contribution in [0.15, 0.2) is 6.07 Å². The largest absolute Gasteiger partial charge is 0.351 e. The van der Waals surface area contributed by atoms with Crippen molar-refractivity contribution >= 4 is 5.91 Å². The minimum Gasteiger partial charge on any atom is -0.351 e. The monoisotopic (exact) mass is 276 g/mol. The standard InChI is InChI=1S/C12H12F4N2O/c13-7-5-8(14)11(16)9(10(7)15)12(19)18-4-3-17-6-1-2-6/h5-6,17H,1-4H2,(H,18,19). The molecule has 2 rings (SSSR count). The number of amides is 1. The summed E-state index contributed by atoms with van der Waals surface area (Å²) in [7, 11) is 0. The topological polar surface area (TPSA) is 41.1 Å². The molecule has 1 saturated carbocycles. The number of carbonyl (C=O) groups is 1. The molecular weight excluding hydrogens is 264 g/mol. The maximum atomic E-state index is 13.3. The van der Waals surface area contributed by atoms with Crippen LogP contribution in [0.2, 0.25) is 0 Å². The van der Waals surface area contributed by atoms with Gasteiger partial charge in [-0.1, -0.05) is 0 Å². The van der Waals surface area contributed by atoms with Crippen molar-refractivity contribution in [3.63, 3.8) is 0 Å². The Morgan fingerprint density at radius 3 is 2.21 bits per heavy atom. The SMILES string of the molecule is O=C(NCCNC1CC1)c1c(F)c(F)cc(F)c1F. The van der Waals surface area contributed by atoms with Crippen LogP contribution in [-0.2, 0) is 0 Å². The normalized spacial score (nSPS) is 14.5. The quantitative estimate of drug-likeness (QED) is 0.488. The van der Waals surface area contributed by atoms with E-state index in [0.717, 1.165) is 12.8 Å². The highest BCUT2D eigenvalue weighted by Gasteiger charge is 2.24. The zero-order valence-electron chi connectivity index (χ0n) is 9.90. The van der Waals surface area contributed by atoms with E-state index in [4.69, 9.17) is 0 Å². The molecule has 0 aromatic heterocycles. The van der Waals surface area contributed by atoms with E-state index in [0.29, 0.717) is 12.6 Å². The fourth-order valence-corrected chi connectivity index (χ4v) is 1.60. The van der Waals surface area contributed by atoms with Gasteiger partial charge >= 0.3 is 0 Å². The van der Waals surface area contributed by atoms with Gasteiger partial charge in [-0.05, 0) is 12.8 Å². The van der Waals surface area contributed by atoms with Crippen LogP contribution < -0.4 is 10.6 Å². The maximum absolute atomic E-state index is 13.3. The average molecular weight is 276 g/mol. The number of nitrogens with one attached hydrogen (secondary N) is 2. The molecule has 1 aliphatic rings. The summed E-state index contributed by atoms with van der Waals surface area (Å²) in [4.78, 5) is 11.5. The molecule has 1 aliphatic carbocycles. The van der Waals surface area contributed by atoms with E-state index in [1.807, 2.05) is 0 Å². The Morgan fingerprint density at radius 2 is 1.68 bits per heavy atom. The van der Waals surface area contributed by atoms with Crippen LogP contribution in [0.3, 0.4) is 0 Å². The van der Waals surface area contributed by atoms with Crippen LogP contribution in [0.1, 0.15) is 23.2 Å². The van der Waals surface area contributed by atoms with Gasteiger partial charge in [-0.2, -0.15) is 0 Å². The lowest BCUT2D eigenvalue weighted by molar-refractivity contribution is 0.0943. The lowest BCUT2D eigenvalue weighted by atomic mass is 10.1. The Bertz CT molecular complexity index is 477. The molecule has 0 radical (unpaired) electrons. The lowest BCUT2D eigenvalue weighted by Crippen LogP contribution is -2.33. The van der Waals surface area contributed by atoms with Crippen molar-refractivity contribution < 1.29 is 22.4 Å². The molecule has 19 heavy (non-hydrogen) atoms. The van der Waals surface area contributed by atoms with Gasteiger partial charge in [0.2, 0.25) is 0 Å². The van der Waals surface area contributed by atoms with Gasteiger partial charge in [-0.15, -0.1) is 0 Å². The zero-order valence-corrected chi connectivity index (χ0v) is 9.90. The van der Waals surface area contributed by atoms with Crippen molar-refractivity contribution in [1.29, 1.82) is 0 Å². The number of benzene rings is 1. The summed E-state index contributed by atoms with van der Waals surface area (Å²) >= 11 is 0. The van der Waals surface area contributed by atoms with Gasteiger partial charge in [0, 0.05) is 25.2 Å². The minimum absolute atomic E-state index is 0.0656. The van der Waals surface area contributed by atoms with E-state index < -0.39 is 34.7 Å². The summed E-state index contributed by atoms with van der Waals surface area (Å²) in [5, 5.41) is 5.27. The number of rotatable bonds is 5. The van der Waals surface area contributed by atoms with Crippen LogP contribution >= 0.6 is 0 Å². The minimum atomic E-state index is -1.69. The molecule has 104 valence electrons. The summed E-state index contributed by atoms with van der Waals surface area (Å²) in [6.07, 6.45) is 2.12. The highest BCUT2D eigenvalue weighted by Crippen LogP contribution is 2.19. The molecule has 2 N–H and O–H groups in total. The summed E-state index contributed by atoms with van der Waals surface area (Å²) in [5.74, 6) is -7.75. The van der Waals surface area contributed by atoms with E-state index in [9.17, 15) is 22.4 Å². The van der Waals surface area contributed by atoms with Gasteiger partial charge in [0.05, 0.1) is 0 Å². The summed E-state index contributed by atoms with van der Waals surface area (Å²) in [6, 6.07) is 0.493. The van der Waals surface area contributed by atoms with Crippen molar-refractivity contribution in [3.8, 4) is 0 Å². The predicted molar refractivity (Wildman–Crippen MR) is 59.6 cm³/mol. The van der Waals surface area contributed by atoms with E-state index in [1.165, 1.54) is 0 Å². The molecule has 1 aromatic rings. The van der Waals surface area contributed by atoms with Crippen molar-refractivity contribution in [1.82, 2.24) is 10.6 Å². The van der Waals surface area contributed by atoms with Crippen molar-refractivity contribution in [2.75, 3.05) is 13.1 Å². The highest BCUT2D eigenvalue weighted by molar-refractivity contribution is 5.94. The first-order chi connectivity index (χ1) is 9.00. The average Bonchev–Trinajstić information content (AvgIpc) is 3.16. The molecule has 0 bridgehead atoms. The number of halogens is 4. The highest BCUT2D eigenvalue weighted by atomic mass is 19.2. The molecule has 1 aromatic carbocycles. The fraction of sp³-hybridized carbons (Fsp3) is 0.417. The lowest BCUT2D eigenvalue weighted by Gasteiger charge is -2.08. The third-order valence-electron chi connectivity index (χ3n) is 2.76. The molecular formula is C12H12F4N2O. The van der Waals surface area contributed by atoms with Gasteiger partial charge in [0.1, 0.15) is 5.56 Å². The first kappa shape index (κ1) is 13.8. The maximum Gasteiger partial charge on any atom is 0.257 e. The Morgan fingerprint density at radius 1 is 1.11 bits per heavy atom. The molecule has 0 atom stereocenters. The summed E-state index contributed by atoms with van der Waals surface area (Å²) in [6.45, 7) is 0.545. The Balaban J connectivity index is 2.00. The molecule has 0 saturated heterocycles.